The van der Waals surface area contributed by atoms with Crippen molar-refractivity contribution in [2.24, 2.45) is 0 Å². The van der Waals surface area contributed by atoms with E-state index in [0.717, 1.165) is 38.5 Å². The minimum atomic E-state index is -1.93. The van der Waals surface area contributed by atoms with Crippen molar-refractivity contribution < 1.29 is 0 Å². The van der Waals surface area contributed by atoms with Crippen LogP contribution in [0.15, 0.2) is 84.9 Å². The van der Waals surface area contributed by atoms with E-state index in [2.05, 4.69) is 143 Å². The first-order valence-corrected chi connectivity index (χ1v) is 17.7. The zero-order valence-corrected chi connectivity index (χ0v) is 27.9. The predicted octanol–water partition coefficient (Wildman–Crippen LogP) is 10.7. The number of fused-ring (bicyclic) bond motifs is 3. The number of nitrogens with one attached hydrogen (secondary N) is 1. The van der Waals surface area contributed by atoms with E-state index >= 15 is 0 Å². The summed E-state index contributed by atoms with van der Waals surface area (Å²) in [6.07, 6.45) is 0. The molecule has 42 heavy (non-hydrogen) atoms. The maximum Gasteiger partial charge on any atom is 0.146 e. The van der Waals surface area contributed by atoms with Gasteiger partial charge in [-0.3, -0.25) is 0 Å². The van der Waals surface area contributed by atoms with E-state index in [4.69, 9.17) is 12.2 Å². The molecule has 0 atom stereocenters. The molecule has 1 N–H and O–H groups in total. The van der Waals surface area contributed by atoms with Crippen LogP contribution in [0.5, 0.6) is 0 Å². The quantitative estimate of drug-likeness (QED) is 0.0701. The molecule has 0 unspecified atom stereocenters. The Morgan fingerprint density at radius 2 is 1.12 bits per heavy atom. The number of thiol groups is 1. The van der Waals surface area contributed by atoms with Crippen LogP contribution in [0.25, 0.3) is 32.3 Å². The average Bonchev–Trinajstić information content (AvgIpc) is 2.95. The van der Waals surface area contributed by atoms with Gasteiger partial charge in [-0.2, -0.15) is 0 Å². The first-order valence-electron chi connectivity index (χ1n) is 14.6. The second-order valence-electron chi connectivity index (χ2n) is 11.9. The van der Waals surface area contributed by atoms with Crippen molar-refractivity contribution in [3.63, 3.8) is 0 Å². The summed E-state index contributed by atoms with van der Waals surface area (Å²) in [5, 5.41) is 10.1. The summed E-state index contributed by atoms with van der Waals surface area (Å²) in [4.78, 5) is 0. The van der Waals surface area contributed by atoms with E-state index in [-0.39, 0.29) is 0 Å². The van der Waals surface area contributed by atoms with Crippen LogP contribution in [0, 0.1) is 23.3 Å². The van der Waals surface area contributed by atoms with Gasteiger partial charge in [-0.1, -0.05) is 120 Å². The van der Waals surface area contributed by atoms with E-state index in [9.17, 15) is 0 Å². The molecular weight excluding hydrogens is 563 g/mol. The molecule has 0 radical (unpaired) electrons. The number of anilines is 1. The van der Waals surface area contributed by atoms with Crippen LogP contribution in [0.4, 0.5) is 5.69 Å². The van der Waals surface area contributed by atoms with Crippen molar-refractivity contribution >= 4 is 75.2 Å². The fourth-order valence-electron chi connectivity index (χ4n) is 6.63. The first-order chi connectivity index (χ1) is 20.1. The van der Waals surface area contributed by atoms with E-state index in [1.165, 1.54) is 16.2 Å². The van der Waals surface area contributed by atoms with Gasteiger partial charge in [0.05, 0.1) is 0 Å². The monoisotopic (exact) mass is 599 g/mol. The smallest absolute Gasteiger partial charge is 0.146 e. The number of hydrogen-bond acceptors (Lipinski definition) is 1. The van der Waals surface area contributed by atoms with Crippen molar-refractivity contribution in [2.75, 3.05) is 5.32 Å². The van der Waals surface area contributed by atoms with E-state index in [1.54, 1.807) is 0 Å². The van der Waals surface area contributed by atoms with Gasteiger partial charge in [0.1, 0.15) is 12.4 Å². The molecule has 0 fully saturated rings. The Morgan fingerprint density at radius 1 is 0.643 bits per heavy atom. The Labute approximate surface area is 262 Å². The van der Waals surface area contributed by atoms with E-state index < -0.39 is 8.07 Å². The molecule has 1 nitrogen and oxygen atoms in total. The molecule has 0 amide bonds. The molecule has 0 saturated carbocycles. The normalized spacial score (nSPS) is 11.6. The highest BCUT2D eigenvalue weighted by molar-refractivity contribution is 8.11. The Hall–Kier alpha value is -3.54. The van der Waals surface area contributed by atoms with Crippen molar-refractivity contribution in [1.29, 1.82) is 0 Å². The van der Waals surface area contributed by atoms with Gasteiger partial charge in [-0.15, -0.1) is 18.2 Å². The number of thiocarbonyl (C=S) groups is 1. The van der Waals surface area contributed by atoms with Crippen LogP contribution >= 0.6 is 24.8 Å². The number of hydrogen-bond donors (Lipinski definition) is 2. The number of rotatable bonds is 4. The molecule has 5 rings (SSSR count). The van der Waals surface area contributed by atoms with Gasteiger partial charge in [0.25, 0.3) is 0 Å². The summed E-state index contributed by atoms with van der Waals surface area (Å²) in [6.45, 7) is 14.2. The van der Waals surface area contributed by atoms with Gasteiger partial charge < -0.3 is 5.32 Å². The molecule has 0 aromatic heterocycles. The predicted molar refractivity (Wildman–Crippen MR) is 195 cm³/mol. The molecule has 0 heterocycles. The van der Waals surface area contributed by atoms with Crippen LogP contribution in [0.1, 0.15) is 58.2 Å². The third-order valence-electron chi connectivity index (χ3n) is 8.63. The Bertz CT molecular complexity index is 1910. The minimum Gasteiger partial charge on any atom is -0.341 e. The van der Waals surface area contributed by atoms with Crippen molar-refractivity contribution in [1.82, 2.24) is 0 Å². The highest BCUT2D eigenvalue weighted by Crippen LogP contribution is 2.41. The molecule has 0 saturated heterocycles. The molecule has 5 aromatic carbocycles. The molecule has 0 aliphatic rings. The topological polar surface area (TPSA) is 12.0 Å². The van der Waals surface area contributed by atoms with Crippen molar-refractivity contribution in [3.8, 4) is 23.3 Å². The Kier molecular flexibility index (Phi) is 8.81. The molecule has 0 aliphatic heterocycles. The van der Waals surface area contributed by atoms with Crippen LogP contribution in [-0.4, -0.2) is 12.4 Å². The summed E-state index contributed by atoms with van der Waals surface area (Å²) in [5.41, 5.74) is 9.71. The molecule has 210 valence electrons. The van der Waals surface area contributed by atoms with Crippen LogP contribution in [0.3, 0.4) is 0 Å². The SMILES string of the molecule is CC(C)[Si](C#Cc1c2ccccc2c(C#Cc2ccc(NC(=S)S)cc2)c2cc3ccccc3cc12)(C(C)C)C(C)C. The molecular formula is C38H37NS2Si. The Balaban J connectivity index is 1.81. The minimum absolute atomic E-state index is 0.442. The molecule has 0 spiro atoms. The largest absolute Gasteiger partial charge is 0.341 e. The molecule has 5 aromatic rings. The lowest BCUT2D eigenvalue weighted by atomic mass is 9.90. The number of benzene rings is 5. The highest BCUT2D eigenvalue weighted by Gasteiger charge is 2.41. The lowest BCUT2D eigenvalue weighted by Gasteiger charge is -2.38. The third-order valence-corrected chi connectivity index (χ3v) is 15.1. The van der Waals surface area contributed by atoms with Crippen LogP contribution < -0.4 is 5.32 Å². The third kappa shape index (κ3) is 5.73. The van der Waals surface area contributed by atoms with Gasteiger partial charge in [0.15, 0.2) is 0 Å². The lowest BCUT2D eigenvalue weighted by molar-refractivity contribution is 0.838. The highest BCUT2D eigenvalue weighted by atomic mass is 32.1. The Morgan fingerprint density at radius 3 is 1.60 bits per heavy atom. The van der Waals surface area contributed by atoms with Gasteiger partial charge in [0.2, 0.25) is 0 Å². The first kappa shape index (κ1) is 29.9. The van der Waals surface area contributed by atoms with Gasteiger partial charge in [-0.25, -0.2) is 0 Å². The fraction of sp³-hybridized carbons (Fsp3) is 0.237. The fourth-order valence-corrected chi connectivity index (χ4v) is 12.1. The maximum atomic E-state index is 5.05. The van der Waals surface area contributed by atoms with Gasteiger partial charge >= 0.3 is 0 Å². The van der Waals surface area contributed by atoms with Gasteiger partial charge in [0, 0.05) is 22.4 Å². The summed E-state index contributed by atoms with van der Waals surface area (Å²) in [6, 6.07) is 29.8. The van der Waals surface area contributed by atoms with Crippen LogP contribution in [0.2, 0.25) is 16.6 Å². The van der Waals surface area contributed by atoms with E-state index in [0.29, 0.717) is 20.9 Å². The summed E-state index contributed by atoms with van der Waals surface area (Å²) < 4.78 is 0.442. The standard InChI is InChI=1S/C38H37NS2Si/c1-25(2)42(26(3)4,27(5)6)22-21-35-33-14-10-9-13-32(33)34(20-17-28-15-18-31(19-16-28)39-38(40)41)36-23-29-11-7-8-12-30(29)24-37(35)36/h7-16,18-19,23-27H,1-6H3,(H2,39,40,41). The second kappa shape index (κ2) is 12.4. The zero-order valence-electron chi connectivity index (χ0n) is 25.2. The molecule has 0 aliphatic carbocycles. The molecule has 4 heteroatoms. The van der Waals surface area contributed by atoms with Crippen molar-refractivity contribution in [3.05, 3.63) is 102 Å². The van der Waals surface area contributed by atoms with Crippen molar-refractivity contribution in [2.45, 2.75) is 58.2 Å². The lowest BCUT2D eigenvalue weighted by Crippen LogP contribution is -2.43. The van der Waals surface area contributed by atoms with Crippen LogP contribution in [-0.2, 0) is 0 Å². The molecule has 0 bridgehead atoms. The van der Waals surface area contributed by atoms with Gasteiger partial charge in [-0.05, 0) is 85.3 Å². The summed E-state index contributed by atoms with van der Waals surface area (Å²) in [7, 11) is -1.93. The summed E-state index contributed by atoms with van der Waals surface area (Å²) in [5.74, 6) is 10.9. The maximum absolute atomic E-state index is 5.05. The summed E-state index contributed by atoms with van der Waals surface area (Å²) >= 11 is 9.23. The van der Waals surface area contributed by atoms with E-state index in [1.807, 2.05) is 24.3 Å². The average molecular weight is 600 g/mol. The zero-order chi connectivity index (χ0) is 30.0. The second-order valence-corrected chi connectivity index (χ2v) is 18.7.